The van der Waals surface area contributed by atoms with Gasteiger partial charge in [0.1, 0.15) is 11.6 Å². The molecule has 0 aliphatic carbocycles. The van der Waals surface area contributed by atoms with Gasteiger partial charge in [-0.2, -0.15) is 9.97 Å². The van der Waals surface area contributed by atoms with Gasteiger partial charge in [-0.05, 0) is 25.5 Å². The van der Waals surface area contributed by atoms with Crippen molar-refractivity contribution in [3.63, 3.8) is 0 Å². The van der Waals surface area contributed by atoms with Crippen LogP contribution in [0.5, 0.6) is 5.88 Å². The number of aryl methyl sites for hydroxylation is 1. The van der Waals surface area contributed by atoms with Gasteiger partial charge in [0, 0.05) is 31.4 Å². The highest BCUT2D eigenvalue weighted by Crippen LogP contribution is 2.29. The first kappa shape index (κ1) is 21.8. The van der Waals surface area contributed by atoms with Crippen molar-refractivity contribution in [2.24, 2.45) is 0 Å². The van der Waals surface area contributed by atoms with Crippen molar-refractivity contribution in [1.82, 2.24) is 29.8 Å². The lowest BCUT2D eigenvalue weighted by atomic mass is 10.1. The molecule has 1 fully saturated rings. The molecule has 1 aliphatic rings. The molecule has 1 saturated heterocycles. The minimum atomic E-state index is -0.586. The summed E-state index contributed by atoms with van der Waals surface area (Å²) < 4.78 is 24.5. The Kier molecular flexibility index (Phi) is 6.37. The second kappa shape index (κ2) is 9.37. The number of halogens is 1. The number of hydrogen-bond donors (Lipinski definition) is 2. The van der Waals surface area contributed by atoms with E-state index in [2.05, 4.69) is 42.1 Å². The maximum atomic E-state index is 14.1. The Morgan fingerprint density at radius 3 is 2.81 bits per heavy atom. The largest absolute Gasteiger partial charge is 0.479 e. The average molecular weight is 440 g/mol. The summed E-state index contributed by atoms with van der Waals surface area (Å²) in [7, 11) is 1.36. The number of nitrogens with zero attached hydrogens (tertiary/aromatic N) is 6. The van der Waals surface area contributed by atoms with Crippen molar-refractivity contribution in [2.75, 3.05) is 37.9 Å². The Labute approximate surface area is 185 Å². The molecule has 1 atom stereocenters. The van der Waals surface area contributed by atoms with Crippen LogP contribution in [0.25, 0.3) is 11.4 Å². The minimum Gasteiger partial charge on any atom is -0.479 e. The van der Waals surface area contributed by atoms with Crippen LogP contribution in [0.1, 0.15) is 18.3 Å². The standard InChI is InChI=1S/C21H25FN8O2/c1-12-11-32-5-4-30(12)10-14-6-16(19-26-13(2)27-21(23)29-19)18(24-8-14)28-15-7-17(22)20(31-3)25-9-15/h6-9,12H,4-5,10-11H2,1-3H3,(H,24,28)(H2,23,26,27,29). The summed E-state index contributed by atoms with van der Waals surface area (Å²) in [6, 6.07) is 3.54. The molecule has 0 saturated carbocycles. The Morgan fingerprint density at radius 1 is 1.25 bits per heavy atom. The number of rotatable bonds is 6. The molecule has 1 aliphatic heterocycles. The van der Waals surface area contributed by atoms with Crippen LogP contribution in [0.2, 0.25) is 0 Å². The topological polar surface area (TPSA) is 124 Å². The first-order valence-electron chi connectivity index (χ1n) is 10.2. The van der Waals surface area contributed by atoms with Crippen molar-refractivity contribution in [3.05, 3.63) is 41.7 Å². The Morgan fingerprint density at radius 2 is 2.09 bits per heavy atom. The molecule has 1 unspecified atom stereocenters. The average Bonchev–Trinajstić information content (AvgIpc) is 2.76. The van der Waals surface area contributed by atoms with Gasteiger partial charge in [-0.15, -0.1) is 0 Å². The van der Waals surface area contributed by atoms with Gasteiger partial charge in [-0.25, -0.2) is 19.3 Å². The molecule has 0 spiro atoms. The van der Waals surface area contributed by atoms with E-state index in [0.717, 1.165) is 12.1 Å². The van der Waals surface area contributed by atoms with Gasteiger partial charge >= 0.3 is 0 Å². The van der Waals surface area contributed by atoms with E-state index < -0.39 is 5.82 Å². The highest BCUT2D eigenvalue weighted by molar-refractivity contribution is 5.75. The van der Waals surface area contributed by atoms with Crippen molar-refractivity contribution in [3.8, 4) is 17.3 Å². The molecule has 168 valence electrons. The summed E-state index contributed by atoms with van der Waals surface area (Å²) in [5, 5.41) is 3.10. The molecule has 32 heavy (non-hydrogen) atoms. The number of nitrogens with one attached hydrogen (secondary N) is 1. The third kappa shape index (κ3) is 4.89. The van der Waals surface area contributed by atoms with Crippen LogP contribution in [0.3, 0.4) is 0 Å². The van der Waals surface area contributed by atoms with Crippen LogP contribution in [-0.2, 0) is 11.3 Å². The van der Waals surface area contributed by atoms with Gasteiger partial charge in [0.2, 0.25) is 11.8 Å². The summed E-state index contributed by atoms with van der Waals surface area (Å²) in [6.45, 7) is 6.80. The molecule has 4 heterocycles. The first-order chi connectivity index (χ1) is 15.4. The molecule has 0 amide bonds. The number of morpholine rings is 1. The maximum Gasteiger partial charge on any atom is 0.250 e. The SMILES string of the molecule is COc1ncc(Nc2ncc(CN3CCOCC3C)cc2-c2nc(C)nc(N)n2)cc1F. The maximum absolute atomic E-state index is 14.1. The van der Waals surface area contributed by atoms with Crippen LogP contribution in [0, 0.1) is 12.7 Å². The third-order valence-electron chi connectivity index (χ3n) is 5.10. The lowest BCUT2D eigenvalue weighted by molar-refractivity contribution is -0.00440. The number of hydrogen-bond acceptors (Lipinski definition) is 10. The van der Waals surface area contributed by atoms with E-state index in [1.54, 1.807) is 13.1 Å². The number of methoxy groups -OCH3 is 1. The third-order valence-corrected chi connectivity index (χ3v) is 5.10. The fourth-order valence-electron chi connectivity index (χ4n) is 3.50. The Bertz CT molecular complexity index is 1090. The molecule has 3 aromatic heterocycles. The predicted octanol–water partition coefficient (Wildman–Crippen LogP) is 2.33. The van der Waals surface area contributed by atoms with Crippen molar-refractivity contribution in [1.29, 1.82) is 0 Å². The number of anilines is 3. The molecule has 0 aromatic carbocycles. The molecule has 10 nitrogen and oxygen atoms in total. The van der Waals surface area contributed by atoms with Crippen molar-refractivity contribution >= 4 is 17.5 Å². The van der Waals surface area contributed by atoms with Crippen LogP contribution in [0.15, 0.2) is 24.5 Å². The zero-order valence-electron chi connectivity index (χ0n) is 18.2. The van der Waals surface area contributed by atoms with E-state index >= 15 is 0 Å². The van der Waals surface area contributed by atoms with Crippen molar-refractivity contribution < 1.29 is 13.9 Å². The molecule has 4 rings (SSSR count). The summed E-state index contributed by atoms with van der Waals surface area (Å²) in [5.41, 5.74) is 7.87. The lowest BCUT2D eigenvalue weighted by Gasteiger charge is -2.33. The smallest absolute Gasteiger partial charge is 0.250 e. The Hall–Kier alpha value is -3.44. The number of nitrogen functional groups attached to an aromatic ring is 1. The molecule has 3 N–H and O–H groups in total. The molecule has 0 radical (unpaired) electrons. The predicted molar refractivity (Wildman–Crippen MR) is 117 cm³/mol. The van der Waals surface area contributed by atoms with Crippen LogP contribution >= 0.6 is 0 Å². The van der Waals surface area contributed by atoms with E-state index in [1.165, 1.54) is 19.4 Å². The summed E-state index contributed by atoms with van der Waals surface area (Å²) in [4.78, 5) is 23.6. The summed E-state index contributed by atoms with van der Waals surface area (Å²) >= 11 is 0. The zero-order chi connectivity index (χ0) is 22.7. The second-order valence-corrected chi connectivity index (χ2v) is 7.54. The molecule has 0 bridgehead atoms. The van der Waals surface area contributed by atoms with Gasteiger partial charge in [-0.3, -0.25) is 4.90 Å². The molecule has 3 aromatic rings. The first-order valence-corrected chi connectivity index (χ1v) is 10.2. The fourth-order valence-corrected chi connectivity index (χ4v) is 3.50. The monoisotopic (exact) mass is 440 g/mol. The number of aromatic nitrogens is 5. The fraction of sp³-hybridized carbons (Fsp3) is 0.381. The normalized spacial score (nSPS) is 16.7. The van der Waals surface area contributed by atoms with E-state index in [4.69, 9.17) is 15.2 Å². The summed E-state index contributed by atoms with van der Waals surface area (Å²) in [6.07, 6.45) is 3.24. The molecule has 11 heteroatoms. The lowest BCUT2D eigenvalue weighted by Crippen LogP contribution is -2.42. The van der Waals surface area contributed by atoms with E-state index in [-0.39, 0.29) is 11.8 Å². The van der Waals surface area contributed by atoms with Gasteiger partial charge in [0.25, 0.3) is 0 Å². The second-order valence-electron chi connectivity index (χ2n) is 7.54. The summed E-state index contributed by atoms with van der Waals surface area (Å²) in [5.74, 6) is 0.756. The number of nitrogens with two attached hydrogens (primary N) is 1. The van der Waals surface area contributed by atoms with E-state index in [1.807, 2.05) is 6.07 Å². The highest BCUT2D eigenvalue weighted by Gasteiger charge is 2.20. The highest BCUT2D eigenvalue weighted by atomic mass is 19.1. The van der Waals surface area contributed by atoms with E-state index in [9.17, 15) is 4.39 Å². The van der Waals surface area contributed by atoms with Gasteiger partial charge in [-0.1, -0.05) is 0 Å². The number of pyridine rings is 2. The van der Waals surface area contributed by atoms with E-state index in [0.29, 0.717) is 54.5 Å². The Balaban J connectivity index is 1.70. The van der Waals surface area contributed by atoms with Crippen LogP contribution in [-0.4, -0.2) is 62.7 Å². The zero-order valence-corrected chi connectivity index (χ0v) is 18.2. The van der Waals surface area contributed by atoms with Gasteiger partial charge in [0.15, 0.2) is 11.6 Å². The van der Waals surface area contributed by atoms with Crippen molar-refractivity contribution in [2.45, 2.75) is 26.4 Å². The van der Waals surface area contributed by atoms with Crippen LogP contribution in [0.4, 0.5) is 21.8 Å². The number of ether oxygens (including phenoxy) is 2. The molecular formula is C21H25FN8O2. The quantitative estimate of drug-likeness (QED) is 0.590. The molecular weight excluding hydrogens is 415 g/mol. The van der Waals surface area contributed by atoms with Gasteiger partial charge < -0.3 is 20.5 Å². The van der Waals surface area contributed by atoms with Gasteiger partial charge in [0.05, 0.1) is 37.8 Å². The minimum absolute atomic E-state index is 0.0837. The van der Waals surface area contributed by atoms with Crippen LogP contribution < -0.4 is 15.8 Å².